The van der Waals surface area contributed by atoms with Crippen molar-refractivity contribution >= 4 is 11.7 Å². The molecule has 0 amide bonds. The molecule has 1 aliphatic heterocycles. The molecular formula is C25H26N4O2. The smallest absolute Gasteiger partial charge is 0.226 e. The Morgan fingerprint density at radius 2 is 1.77 bits per heavy atom. The molecule has 2 aliphatic rings. The lowest BCUT2D eigenvalue weighted by atomic mass is 9.75. The molecule has 0 saturated carbocycles. The summed E-state index contributed by atoms with van der Waals surface area (Å²) in [6, 6.07) is 16.2. The average molecular weight is 415 g/mol. The minimum Gasteiger partial charge on any atom is -0.497 e. The van der Waals surface area contributed by atoms with Gasteiger partial charge in [0.1, 0.15) is 17.9 Å². The number of hydrogen-bond donors (Lipinski definition) is 1. The van der Waals surface area contributed by atoms with Crippen LogP contribution in [0.5, 0.6) is 5.75 Å². The first kappa shape index (κ1) is 19.5. The van der Waals surface area contributed by atoms with Gasteiger partial charge in [-0.2, -0.15) is 10.1 Å². The van der Waals surface area contributed by atoms with Crippen LogP contribution in [0, 0.1) is 5.92 Å². The van der Waals surface area contributed by atoms with Crippen LogP contribution in [0.2, 0.25) is 0 Å². The monoisotopic (exact) mass is 414 g/mol. The number of benzene rings is 2. The Labute approximate surface area is 182 Å². The highest BCUT2D eigenvalue weighted by Gasteiger charge is 2.43. The fourth-order valence-electron chi connectivity index (χ4n) is 4.65. The highest BCUT2D eigenvalue weighted by molar-refractivity contribution is 5.88. The number of ketones is 1. The van der Waals surface area contributed by atoms with Crippen molar-refractivity contribution in [3.63, 3.8) is 0 Å². The van der Waals surface area contributed by atoms with E-state index in [1.807, 2.05) is 28.9 Å². The fourth-order valence-corrected chi connectivity index (χ4v) is 4.65. The summed E-state index contributed by atoms with van der Waals surface area (Å²) in [5.74, 6) is 1.89. The Hall–Kier alpha value is -3.41. The second-order valence-corrected chi connectivity index (χ2v) is 8.57. The van der Waals surface area contributed by atoms with Crippen LogP contribution in [0.4, 0.5) is 5.95 Å². The number of ether oxygens (including phenoxy) is 1. The van der Waals surface area contributed by atoms with Gasteiger partial charge in [0.05, 0.1) is 19.1 Å². The summed E-state index contributed by atoms with van der Waals surface area (Å²) in [5, 5.41) is 7.78. The van der Waals surface area contributed by atoms with Gasteiger partial charge in [0.25, 0.3) is 0 Å². The summed E-state index contributed by atoms with van der Waals surface area (Å²) in [7, 11) is 1.65. The van der Waals surface area contributed by atoms with E-state index in [-0.39, 0.29) is 23.7 Å². The molecular weight excluding hydrogens is 388 g/mol. The van der Waals surface area contributed by atoms with E-state index in [1.165, 1.54) is 17.5 Å². The van der Waals surface area contributed by atoms with E-state index in [2.05, 4.69) is 59.6 Å². The van der Waals surface area contributed by atoms with Crippen molar-refractivity contribution < 1.29 is 9.53 Å². The second-order valence-electron chi connectivity index (χ2n) is 8.57. The van der Waals surface area contributed by atoms with Crippen LogP contribution in [0.15, 0.2) is 66.6 Å². The molecule has 0 saturated heterocycles. The number of nitrogens with one attached hydrogen (secondary N) is 1. The van der Waals surface area contributed by atoms with Gasteiger partial charge in [-0.25, -0.2) is 4.68 Å². The molecule has 158 valence electrons. The zero-order valence-electron chi connectivity index (χ0n) is 17.9. The second kappa shape index (κ2) is 7.69. The van der Waals surface area contributed by atoms with Crippen molar-refractivity contribution in [3.05, 3.63) is 83.3 Å². The van der Waals surface area contributed by atoms with Crippen LogP contribution in [0.1, 0.15) is 54.8 Å². The van der Waals surface area contributed by atoms with E-state index in [0.717, 1.165) is 17.0 Å². The Morgan fingerprint density at radius 1 is 1.06 bits per heavy atom. The third-order valence-corrected chi connectivity index (χ3v) is 6.38. The summed E-state index contributed by atoms with van der Waals surface area (Å²) in [6.45, 7) is 4.38. The number of Topliss-reactive ketones (excluding diaryl/α,β-unsaturated/α-hetero) is 1. The minimum absolute atomic E-state index is 0.0541. The van der Waals surface area contributed by atoms with Crippen LogP contribution in [-0.4, -0.2) is 27.7 Å². The number of nitrogens with zero attached hydrogens (tertiary/aromatic N) is 3. The summed E-state index contributed by atoms with van der Waals surface area (Å²) in [4.78, 5) is 17.8. The third kappa shape index (κ3) is 3.42. The van der Waals surface area contributed by atoms with Gasteiger partial charge in [0.15, 0.2) is 0 Å². The minimum atomic E-state index is -0.311. The standard InChI is InChI=1S/C25H26N4O2/c1-15(2)16-4-6-17(7-5-16)19-12-21-23(22(30)13-19)24(29-25(28-21)26-14-27-29)18-8-10-20(31-3)11-9-18/h4-12,14-15,19,23-24H,13H2,1-3H3,(H,26,27,28)/t19-,23-,24-/m1/s1. The van der Waals surface area contributed by atoms with Crippen LogP contribution in [-0.2, 0) is 4.79 Å². The highest BCUT2D eigenvalue weighted by atomic mass is 16.5. The maximum atomic E-state index is 13.5. The molecule has 5 rings (SSSR count). The van der Waals surface area contributed by atoms with Gasteiger partial charge in [0, 0.05) is 18.0 Å². The van der Waals surface area contributed by atoms with Gasteiger partial charge >= 0.3 is 0 Å². The topological polar surface area (TPSA) is 69.0 Å². The van der Waals surface area contributed by atoms with E-state index >= 15 is 0 Å². The Morgan fingerprint density at radius 3 is 2.45 bits per heavy atom. The molecule has 3 atom stereocenters. The lowest BCUT2D eigenvalue weighted by Crippen LogP contribution is -2.40. The number of rotatable bonds is 4. The molecule has 0 radical (unpaired) electrons. The van der Waals surface area contributed by atoms with Gasteiger partial charge in [-0.05, 0) is 34.7 Å². The van der Waals surface area contributed by atoms with Gasteiger partial charge in [0.2, 0.25) is 5.95 Å². The van der Waals surface area contributed by atoms with Crippen molar-refractivity contribution in [3.8, 4) is 5.75 Å². The molecule has 0 unspecified atom stereocenters. The number of fused-ring (bicyclic) bond motifs is 2. The predicted molar refractivity (Wildman–Crippen MR) is 119 cm³/mol. The summed E-state index contributed by atoms with van der Waals surface area (Å²) in [5.41, 5.74) is 4.40. The number of allylic oxidation sites excluding steroid dienone is 2. The van der Waals surface area contributed by atoms with Gasteiger partial charge in [-0.3, -0.25) is 4.79 Å². The van der Waals surface area contributed by atoms with E-state index in [0.29, 0.717) is 18.3 Å². The first-order valence-corrected chi connectivity index (χ1v) is 10.7. The summed E-state index contributed by atoms with van der Waals surface area (Å²) < 4.78 is 7.12. The summed E-state index contributed by atoms with van der Waals surface area (Å²) in [6.07, 6.45) is 4.21. The first-order chi connectivity index (χ1) is 15.0. The number of carbonyl (C=O) groups is 1. The van der Waals surface area contributed by atoms with Crippen LogP contribution in [0.3, 0.4) is 0 Å². The predicted octanol–water partition coefficient (Wildman–Crippen LogP) is 4.68. The molecule has 0 bridgehead atoms. The van der Waals surface area contributed by atoms with Crippen LogP contribution >= 0.6 is 0 Å². The Balaban J connectivity index is 1.54. The lowest BCUT2D eigenvalue weighted by Gasteiger charge is -2.38. The van der Waals surface area contributed by atoms with Gasteiger partial charge in [-0.15, -0.1) is 0 Å². The average Bonchev–Trinajstić information content (AvgIpc) is 3.26. The number of carbonyl (C=O) groups excluding carboxylic acids is 1. The van der Waals surface area contributed by atoms with Crippen LogP contribution < -0.4 is 10.1 Å². The maximum absolute atomic E-state index is 13.5. The Bertz CT molecular complexity index is 1130. The molecule has 1 aromatic heterocycles. The molecule has 3 aromatic rings. The first-order valence-electron chi connectivity index (χ1n) is 10.7. The highest BCUT2D eigenvalue weighted by Crippen LogP contribution is 2.44. The maximum Gasteiger partial charge on any atom is 0.226 e. The number of hydrogen-bond acceptors (Lipinski definition) is 5. The number of aromatic nitrogens is 3. The SMILES string of the molecule is COc1ccc([C@@H]2[C@H]3C(=O)C[C@H](c4ccc(C(C)C)cc4)C=C3Nc3ncnn32)cc1. The molecule has 6 heteroatoms. The number of methoxy groups -OCH3 is 1. The molecule has 2 heterocycles. The van der Waals surface area contributed by atoms with Crippen molar-refractivity contribution in [1.29, 1.82) is 0 Å². The van der Waals surface area contributed by atoms with Crippen molar-refractivity contribution in [2.45, 2.75) is 38.1 Å². The molecule has 0 fully saturated rings. The van der Waals surface area contributed by atoms with Crippen molar-refractivity contribution in [2.24, 2.45) is 5.92 Å². The summed E-state index contributed by atoms with van der Waals surface area (Å²) >= 11 is 0. The molecule has 1 N–H and O–H groups in total. The van der Waals surface area contributed by atoms with Gasteiger partial charge < -0.3 is 10.1 Å². The molecule has 1 aliphatic carbocycles. The Kier molecular flexibility index (Phi) is 4.85. The molecule has 2 aromatic carbocycles. The van der Waals surface area contributed by atoms with Crippen LogP contribution in [0.25, 0.3) is 0 Å². The van der Waals surface area contributed by atoms with Crippen molar-refractivity contribution in [1.82, 2.24) is 14.8 Å². The third-order valence-electron chi connectivity index (χ3n) is 6.38. The molecule has 6 nitrogen and oxygen atoms in total. The van der Waals surface area contributed by atoms with E-state index in [9.17, 15) is 4.79 Å². The lowest BCUT2D eigenvalue weighted by molar-refractivity contribution is -0.123. The van der Waals surface area contributed by atoms with Crippen molar-refractivity contribution in [2.75, 3.05) is 12.4 Å². The zero-order valence-corrected chi connectivity index (χ0v) is 17.9. The zero-order chi connectivity index (χ0) is 21.5. The fraction of sp³-hybridized carbons (Fsp3) is 0.320. The van der Waals surface area contributed by atoms with E-state index < -0.39 is 0 Å². The van der Waals surface area contributed by atoms with Gasteiger partial charge in [-0.1, -0.05) is 56.3 Å². The van der Waals surface area contributed by atoms with E-state index in [4.69, 9.17) is 4.74 Å². The quantitative estimate of drug-likeness (QED) is 0.671. The normalized spacial score (nSPS) is 22.4. The van der Waals surface area contributed by atoms with E-state index in [1.54, 1.807) is 7.11 Å². The largest absolute Gasteiger partial charge is 0.497 e. The molecule has 31 heavy (non-hydrogen) atoms. The number of anilines is 1. The molecule has 0 spiro atoms.